The molecule has 2 aromatic rings. The molecule has 1 aliphatic heterocycles. The number of amides is 1. The lowest BCUT2D eigenvalue weighted by Gasteiger charge is -2.28. The maximum atomic E-state index is 12.3. The van der Waals surface area contributed by atoms with Crippen LogP contribution in [0.3, 0.4) is 0 Å². The van der Waals surface area contributed by atoms with Crippen LogP contribution in [0, 0.1) is 5.92 Å². The van der Waals surface area contributed by atoms with E-state index in [1.54, 1.807) is 0 Å². The largest absolute Gasteiger partial charge is 0.378 e. The van der Waals surface area contributed by atoms with Crippen molar-refractivity contribution < 1.29 is 9.53 Å². The normalized spacial score (nSPS) is 14.4. The van der Waals surface area contributed by atoms with Gasteiger partial charge in [0.1, 0.15) is 0 Å². The molecule has 0 aliphatic carbocycles. The predicted molar refractivity (Wildman–Crippen MR) is 117 cm³/mol. The van der Waals surface area contributed by atoms with Crippen molar-refractivity contribution >= 4 is 23.6 Å². The van der Waals surface area contributed by atoms with Gasteiger partial charge in [-0.1, -0.05) is 50.7 Å². The van der Waals surface area contributed by atoms with E-state index in [0.717, 1.165) is 42.7 Å². The van der Waals surface area contributed by atoms with Gasteiger partial charge in [-0.05, 0) is 30.4 Å². The lowest BCUT2D eigenvalue weighted by Crippen LogP contribution is -2.38. The van der Waals surface area contributed by atoms with Crippen LogP contribution in [-0.4, -0.2) is 59.3 Å². The second-order valence-corrected chi connectivity index (χ2v) is 8.46. The molecule has 29 heavy (non-hydrogen) atoms. The number of nitrogens with one attached hydrogen (secondary N) is 1. The number of carbonyl (C=O) groups is 1. The summed E-state index contributed by atoms with van der Waals surface area (Å²) in [5, 5.41) is 12.7. The topological polar surface area (TPSA) is 72.3 Å². The Morgan fingerprint density at radius 3 is 2.72 bits per heavy atom. The van der Waals surface area contributed by atoms with Crippen molar-refractivity contribution in [1.82, 2.24) is 20.1 Å². The minimum Gasteiger partial charge on any atom is -0.378 e. The summed E-state index contributed by atoms with van der Waals surface area (Å²) in [5.41, 5.74) is 2.30. The number of anilines is 1. The summed E-state index contributed by atoms with van der Waals surface area (Å²) in [6.45, 7) is 10.1. The quantitative estimate of drug-likeness (QED) is 0.633. The van der Waals surface area contributed by atoms with E-state index in [4.69, 9.17) is 4.74 Å². The van der Waals surface area contributed by atoms with Crippen LogP contribution in [0.5, 0.6) is 0 Å². The molecule has 0 saturated carbocycles. The number of aromatic nitrogens is 3. The van der Waals surface area contributed by atoms with E-state index in [-0.39, 0.29) is 5.91 Å². The minimum atomic E-state index is 0.0295. The number of rotatable bonds is 9. The first kappa shape index (κ1) is 21.6. The van der Waals surface area contributed by atoms with E-state index in [2.05, 4.69) is 64.0 Å². The van der Waals surface area contributed by atoms with Crippen LogP contribution in [0.1, 0.15) is 32.8 Å². The van der Waals surface area contributed by atoms with Crippen LogP contribution in [0.2, 0.25) is 0 Å². The summed E-state index contributed by atoms with van der Waals surface area (Å²) in [6.07, 6.45) is 1.90. The van der Waals surface area contributed by atoms with Crippen LogP contribution in [0.25, 0.3) is 5.69 Å². The van der Waals surface area contributed by atoms with Gasteiger partial charge < -0.3 is 15.0 Å². The zero-order valence-electron chi connectivity index (χ0n) is 17.6. The zero-order chi connectivity index (χ0) is 20.6. The van der Waals surface area contributed by atoms with Crippen LogP contribution >= 0.6 is 11.8 Å². The van der Waals surface area contributed by atoms with Gasteiger partial charge in [-0.25, -0.2) is 0 Å². The average Bonchev–Trinajstić information content (AvgIpc) is 3.16. The van der Waals surface area contributed by atoms with E-state index in [1.165, 1.54) is 17.3 Å². The average molecular weight is 418 g/mol. The van der Waals surface area contributed by atoms with E-state index in [0.29, 0.717) is 31.4 Å². The SMILES string of the molecule is CCc1ccccc1-n1c(SCC(=O)NCCC(C)C)nnc1N1CCOCC1. The number of thioether (sulfide) groups is 1. The summed E-state index contributed by atoms with van der Waals surface area (Å²) in [4.78, 5) is 14.5. The second-order valence-electron chi connectivity index (χ2n) is 7.52. The molecule has 7 nitrogen and oxygen atoms in total. The number of benzene rings is 1. The van der Waals surface area contributed by atoms with Gasteiger partial charge >= 0.3 is 0 Å². The van der Waals surface area contributed by atoms with Gasteiger partial charge in [0.05, 0.1) is 24.7 Å². The molecule has 1 aromatic carbocycles. The summed E-state index contributed by atoms with van der Waals surface area (Å²) >= 11 is 1.43. The highest BCUT2D eigenvalue weighted by Crippen LogP contribution is 2.29. The lowest BCUT2D eigenvalue weighted by atomic mass is 10.1. The second kappa shape index (κ2) is 10.6. The number of nitrogens with zero attached hydrogens (tertiary/aromatic N) is 4. The first-order valence-corrected chi connectivity index (χ1v) is 11.3. The molecule has 1 fully saturated rings. The molecule has 0 radical (unpaired) electrons. The van der Waals surface area contributed by atoms with Crippen LogP contribution in [0.15, 0.2) is 29.4 Å². The Morgan fingerprint density at radius 1 is 1.24 bits per heavy atom. The van der Waals surface area contributed by atoms with Crippen LogP contribution < -0.4 is 10.2 Å². The van der Waals surface area contributed by atoms with Crippen LogP contribution in [0.4, 0.5) is 5.95 Å². The molecule has 8 heteroatoms. The van der Waals surface area contributed by atoms with Gasteiger partial charge in [-0.15, -0.1) is 10.2 Å². The molecular weight excluding hydrogens is 386 g/mol. The van der Waals surface area contributed by atoms with E-state index in [9.17, 15) is 4.79 Å². The molecule has 3 rings (SSSR count). The maximum absolute atomic E-state index is 12.3. The number of morpholine rings is 1. The molecule has 1 amide bonds. The fourth-order valence-corrected chi connectivity index (χ4v) is 4.01. The predicted octanol–water partition coefficient (Wildman–Crippen LogP) is 2.92. The third-order valence-corrected chi connectivity index (χ3v) is 5.83. The number of para-hydroxylation sites is 1. The zero-order valence-corrected chi connectivity index (χ0v) is 18.4. The fraction of sp³-hybridized carbons (Fsp3) is 0.571. The fourth-order valence-electron chi connectivity index (χ4n) is 3.24. The van der Waals surface area contributed by atoms with E-state index in [1.807, 2.05) is 6.07 Å². The Hall–Kier alpha value is -2.06. The van der Waals surface area contributed by atoms with Crippen molar-refractivity contribution in [2.24, 2.45) is 5.92 Å². The third-order valence-electron chi connectivity index (χ3n) is 4.90. The van der Waals surface area contributed by atoms with Crippen molar-refractivity contribution in [1.29, 1.82) is 0 Å². The van der Waals surface area contributed by atoms with Gasteiger partial charge in [-0.3, -0.25) is 9.36 Å². The molecule has 1 aromatic heterocycles. The van der Waals surface area contributed by atoms with Crippen molar-refractivity contribution in [3.05, 3.63) is 29.8 Å². The smallest absolute Gasteiger partial charge is 0.232 e. The first-order valence-electron chi connectivity index (χ1n) is 10.4. The molecular formula is C21H31N5O2S. The van der Waals surface area contributed by atoms with E-state index >= 15 is 0 Å². The Morgan fingerprint density at radius 2 is 2.00 bits per heavy atom. The van der Waals surface area contributed by atoms with Gasteiger partial charge in [0, 0.05) is 19.6 Å². The highest BCUT2D eigenvalue weighted by molar-refractivity contribution is 7.99. The van der Waals surface area contributed by atoms with Crippen molar-refractivity contribution in [2.75, 3.05) is 43.5 Å². The number of carbonyl (C=O) groups excluding carboxylic acids is 1. The number of ether oxygens (including phenoxy) is 1. The molecule has 1 N–H and O–H groups in total. The van der Waals surface area contributed by atoms with Crippen molar-refractivity contribution in [3.63, 3.8) is 0 Å². The Kier molecular flexibility index (Phi) is 7.94. The van der Waals surface area contributed by atoms with Gasteiger partial charge in [0.25, 0.3) is 0 Å². The summed E-state index contributed by atoms with van der Waals surface area (Å²) in [7, 11) is 0. The molecule has 0 atom stereocenters. The van der Waals surface area contributed by atoms with Crippen LogP contribution in [-0.2, 0) is 16.0 Å². The maximum Gasteiger partial charge on any atom is 0.232 e. The number of hydrogen-bond donors (Lipinski definition) is 1. The standard InChI is InChI=1S/C21H31N5O2S/c1-4-17-7-5-6-8-18(17)26-20(25-11-13-28-14-12-25)23-24-21(26)29-15-19(27)22-10-9-16(2)3/h5-8,16H,4,9-15H2,1-3H3,(H,22,27). The molecule has 0 bridgehead atoms. The Bertz CT molecular complexity index is 802. The summed E-state index contributed by atoms with van der Waals surface area (Å²) in [6, 6.07) is 8.31. The minimum absolute atomic E-state index is 0.0295. The highest BCUT2D eigenvalue weighted by Gasteiger charge is 2.23. The Balaban J connectivity index is 1.81. The Labute approximate surface area is 177 Å². The summed E-state index contributed by atoms with van der Waals surface area (Å²) < 4.78 is 7.59. The van der Waals surface area contributed by atoms with E-state index < -0.39 is 0 Å². The summed E-state index contributed by atoms with van der Waals surface area (Å²) in [5.74, 6) is 1.75. The monoisotopic (exact) mass is 417 g/mol. The third kappa shape index (κ3) is 5.73. The van der Waals surface area contributed by atoms with Gasteiger partial charge in [0.15, 0.2) is 5.16 Å². The first-order chi connectivity index (χ1) is 14.1. The van der Waals surface area contributed by atoms with Gasteiger partial charge in [-0.2, -0.15) is 0 Å². The molecule has 158 valence electrons. The lowest BCUT2D eigenvalue weighted by molar-refractivity contribution is -0.118. The molecule has 1 saturated heterocycles. The number of hydrogen-bond acceptors (Lipinski definition) is 6. The highest BCUT2D eigenvalue weighted by atomic mass is 32.2. The number of aryl methyl sites for hydroxylation is 1. The van der Waals surface area contributed by atoms with Crippen molar-refractivity contribution in [3.8, 4) is 5.69 Å². The molecule has 0 spiro atoms. The molecule has 0 unspecified atom stereocenters. The molecule has 1 aliphatic rings. The van der Waals surface area contributed by atoms with Crippen molar-refractivity contribution in [2.45, 2.75) is 38.8 Å². The molecule has 2 heterocycles. The van der Waals surface area contributed by atoms with Gasteiger partial charge in [0.2, 0.25) is 11.9 Å².